The number of hydrogen-bond acceptors (Lipinski definition) is 2. The lowest BCUT2D eigenvalue weighted by Gasteiger charge is -2.17. The fourth-order valence-electron chi connectivity index (χ4n) is 1.36. The summed E-state index contributed by atoms with van der Waals surface area (Å²) in [6.07, 6.45) is 2.31. The fraction of sp³-hybridized carbons (Fsp3) is 0.538. The van der Waals surface area contributed by atoms with Crippen LogP contribution >= 0.6 is 0 Å². The zero-order chi connectivity index (χ0) is 11.1. The molecule has 2 rings (SSSR count). The van der Waals surface area contributed by atoms with Gasteiger partial charge in [-0.05, 0) is 24.1 Å². The molecule has 1 aliphatic rings. The van der Waals surface area contributed by atoms with Crippen molar-refractivity contribution in [2.45, 2.75) is 40.2 Å². The average Bonchev–Trinajstić information content (AvgIpc) is 2.29. The number of benzene rings is 1. The monoisotopic (exact) mass is 208 g/mol. The van der Waals surface area contributed by atoms with Gasteiger partial charge < -0.3 is 9.47 Å². The van der Waals surface area contributed by atoms with Gasteiger partial charge in [0.2, 0.25) is 0 Å². The lowest BCUT2D eigenvalue weighted by molar-refractivity contribution is -0.0164. The Balaban J connectivity index is 0.000000337. The highest BCUT2D eigenvalue weighted by Gasteiger charge is 2.09. The second kappa shape index (κ2) is 6.46. The quantitative estimate of drug-likeness (QED) is 0.703. The minimum atomic E-state index is 0.387. The van der Waals surface area contributed by atoms with Crippen molar-refractivity contribution >= 4 is 0 Å². The summed E-state index contributed by atoms with van der Waals surface area (Å²) < 4.78 is 10.5. The molecule has 0 aromatic heterocycles. The molecule has 0 N–H and O–H groups in total. The van der Waals surface area contributed by atoms with Crippen LogP contribution in [0.15, 0.2) is 18.2 Å². The van der Waals surface area contributed by atoms with E-state index >= 15 is 0 Å². The molecule has 1 aromatic rings. The number of aryl methyl sites for hydroxylation is 1. The molecule has 0 unspecified atom stereocenters. The zero-order valence-electron chi connectivity index (χ0n) is 9.88. The Kier molecular flexibility index (Phi) is 5.19. The van der Waals surface area contributed by atoms with Crippen molar-refractivity contribution in [1.29, 1.82) is 0 Å². The van der Waals surface area contributed by atoms with Crippen molar-refractivity contribution in [2.75, 3.05) is 6.79 Å². The van der Waals surface area contributed by atoms with Crippen LogP contribution in [0.3, 0.4) is 0 Å². The van der Waals surface area contributed by atoms with E-state index in [9.17, 15) is 0 Å². The van der Waals surface area contributed by atoms with Crippen molar-refractivity contribution in [1.82, 2.24) is 0 Å². The molecule has 0 radical (unpaired) electrons. The molecule has 0 amide bonds. The molecule has 15 heavy (non-hydrogen) atoms. The first-order valence-electron chi connectivity index (χ1n) is 5.64. The van der Waals surface area contributed by atoms with Gasteiger partial charge in [-0.3, -0.25) is 0 Å². The Hall–Kier alpha value is -1.02. The van der Waals surface area contributed by atoms with E-state index in [-0.39, 0.29) is 0 Å². The Morgan fingerprint density at radius 1 is 1.20 bits per heavy atom. The van der Waals surface area contributed by atoms with E-state index in [0.717, 1.165) is 12.2 Å². The smallest absolute Gasteiger partial charge is 0.189 e. The highest BCUT2D eigenvalue weighted by Crippen LogP contribution is 2.24. The predicted molar refractivity (Wildman–Crippen MR) is 62.1 cm³/mol. The molecule has 0 aliphatic carbocycles. The Labute approximate surface area is 92.2 Å². The van der Waals surface area contributed by atoms with Crippen LogP contribution in [0.4, 0.5) is 0 Å². The van der Waals surface area contributed by atoms with Crippen LogP contribution < -0.4 is 4.74 Å². The van der Waals surface area contributed by atoms with Crippen molar-refractivity contribution in [3.8, 4) is 5.75 Å². The molecular weight excluding hydrogens is 188 g/mol. The van der Waals surface area contributed by atoms with Gasteiger partial charge in [0.05, 0.1) is 6.61 Å². The molecule has 1 heterocycles. The number of hydrogen-bond donors (Lipinski definition) is 0. The summed E-state index contributed by atoms with van der Waals surface area (Å²) in [5.74, 6) is 0.971. The number of rotatable bonds is 1. The Morgan fingerprint density at radius 2 is 1.93 bits per heavy atom. The second-order valence-electron chi connectivity index (χ2n) is 3.61. The summed E-state index contributed by atoms with van der Waals surface area (Å²) in [5, 5.41) is 0. The largest absolute Gasteiger partial charge is 0.467 e. The van der Waals surface area contributed by atoms with Crippen molar-refractivity contribution in [3.63, 3.8) is 0 Å². The van der Waals surface area contributed by atoms with Crippen LogP contribution in [0.25, 0.3) is 0 Å². The molecule has 0 fully saturated rings. The minimum Gasteiger partial charge on any atom is -0.467 e. The van der Waals surface area contributed by atoms with E-state index < -0.39 is 0 Å². The summed E-state index contributed by atoms with van der Waals surface area (Å²) >= 11 is 0. The van der Waals surface area contributed by atoms with Gasteiger partial charge in [-0.15, -0.1) is 0 Å². The Bertz CT molecular complexity index is 295. The van der Waals surface area contributed by atoms with Gasteiger partial charge in [0.1, 0.15) is 5.75 Å². The van der Waals surface area contributed by atoms with Crippen molar-refractivity contribution in [2.24, 2.45) is 0 Å². The molecular formula is C13H20O2. The van der Waals surface area contributed by atoms with Gasteiger partial charge in [-0.2, -0.15) is 0 Å². The Morgan fingerprint density at radius 3 is 2.60 bits per heavy atom. The van der Waals surface area contributed by atoms with Crippen LogP contribution in [0.1, 0.15) is 38.3 Å². The molecule has 0 spiro atoms. The number of ether oxygens (including phenoxy) is 2. The molecule has 2 nitrogen and oxygen atoms in total. The third kappa shape index (κ3) is 3.56. The maximum Gasteiger partial charge on any atom is 0.189 e. The van der Waals surface area contributed by atoms with Gasteiger partial charge in [0, 0.05) is 5.56 Å². The molecule has 1 aromatic carbocycles. The highest BCUT2D eigenvalue weighted by molar-refractivity contribution is 5.37. The topological polar surface area (TPSA) is 18.5 Å². The standard InChI is InChI=1S/C10H12O2.C3H8/c1-2-8-3-4-10-9(5-8)6-11-7-12-10;1-3-2/h3-5H,2,6-7H2,1H3;3H2,1-2H3. The lowest BCUT2D eigenvalue weighted by atomic mass is 10.1. The second-order valence-corrected chi connectivity index (χ2v) is 3.61. The van der Waals surface area contributed by atoms with E-state index in [1.807, 2.05) is 6.07 Å². The first kappa shape index (κ1) is 12.1. The normalized spacial score (nSPS) is 13.3. The van der Waals surface area contributed by atoms with Crippen LogP contribution in [0.5, 0.6) is 5.75 Å². The SMILES string of the molecule is CCC.CCc1ccc2c(c1)COCO2. The van der Waals surface area contributed by atoms with Crippen LogP contribution in [0.2, 0.25) is 0 Å². The molecule has 0 saturated heterocycles. The first-order chi connectivity index (χ1) is 7.31. The summed E-state index contributed by atoms with van der Waals surface area (Å²) in [6, 6.07) is 6.27. The molecule has 2 heteroatoms. The molecule has 1 aliphatic heterocycles. The fourth-order valence-corrected chi connectivity index (χ4v) is 1.36. The van der Waals surface area contributed by atoms with Gasteiger partial charge >= 0.3 is 0 Å². The van der Waals surface area contributed by atoms with Crippen LogP contribution in [-0.4, -0.2) is 6.79 Å². The van der Waals surface area contributed by atoms with E-state index in [4.69, 9.17) is 9.47 Å². The molecule has 0 saturated carbocycles. The summed E-state index contributed by atoms with van der Waals surface area (Å²) in [4.78, 5) is 0. The third-order valence-electron chi connectivity index (χ3n) is 2.09. The third-order valence-corrected chi connectivity index (χ3v) is 2.09. The van der Waals surface area contributed by atoms with Gasteiger partial charge in [-0.25, -0.2) is 0 Å². The molecule has 84 valence electrons. The lowest BCUT2D eigenvalue weighted by Crippen LogP contribution is -2.11. The van der Waals surface area contributed by atoms with E-state index in [1.165, 1.54) is 17.5 Å². The summed E-state index contributed by atoms with van der Waals surface area (Å²) in [7, 11) is 0. The van der Waals surface area contributed by atoms with Gasteiger partial charge in [0.15, 0.2) is 6.79 Å². The van der Waals surface area contributed by atoms with E-state index in [2.05, 4.69) is 32.9 Å². The van der Waals surface area contributed by atoms with E-state index in [0.29, 0.717) is 13.4 Å². The minimum absolute atomic E-state index is 0.387. The highest BCUT2D eigenvalue weighted by atomic mass is 16.7. The van der Waals surface area contributed by atoms with Crippen molar-refractivity contribution in [3.05, 3.63) is 29.3 Å². The zero-order valence-corrected chi connectivity index (χ0v) is 9.88. The summed E-state index contributed by atoms with van der Waals surface area (Å²) in [5.41, 5.74) is 2.50. The molecule has 0 bridgehead atoms. The maximum absolute atomic E-state index is 5.30. The van der Waals surface area contributed by atoms with E-state index in [1.54, 1.807) is 0 Å². The van der Waals surface area contributed by atoms with Crippen molar-refractivity contribution < 1.29 is 9.47 Å². The first-order valence-corrected chi connectivity index (χ1v) is 5.64. The summed E-state index contributed by atoms with van der Waals surface area (Å²) in [6.45, 7) is 7.47. The van der Waals surface area contributed by atoms with Gasteiger partial charge in [0.25, 0.3) is 0 Å². The average molecular weight is 208 g/mol. The number of fused-ring (bicyclic) bond motifs is 1. The predicted octanol–water partition coefficient (Wildman–Crippen LogP) is 3.53. The van der Waals surface area contributed by atoms with Gasteiger partial charge in [-0.1, -0.05) is 33.3 Å². The van der Waals surface area contributed by atoms with Crippen LogP contribution in [0, 0.1) is 0 Å². The molecule has 0 atom stereocenters. The van der Waals surface area contributed by atoms with Crippen LogP contribution in [-0.2, 0) is 17.8 Å². The maximum atomic E-state index is 5.30.